The third-order valence-electron chi connectivity index (χ3n) is 3.78. The highest BCUT2D eigenvalue weighted by Gasteiger charge is 2.11. The van der Waals surface area contributed by atoms with Gasteiger partial charge in [-0.05, 0) is 52.2 Å². The van der Waals surface area contributed by atoms with E-state index in [1.807, 2.05) is 0 Å². The van der Waals surface area contributed by atoms with Crippen molar-refractivity contribution in [3.05, 3.63) is 11.9 Å². The van der Waals surface area contributed by atoms with Gasteiger partial charge in [-0.3, -0.25) is 0 Å². The van der Waals surface area contributed by atoms with E-state index in [2.05, 4.69) is 32.9 Å². The van der Waals surface area contributed by atoms with Crippen LogP contribution in [0.1, 0.15) is 31.4 Å². The molecule has 1 aliphatic rings. The highest BCUT2D eigenvalue weighted by atomic mass is 16.5. The van der Waals surface area contributed by atoms with Crippen molar-refractivity contribution in [3.8, 4) is 0 Å². The molecule has 0 bridgehead atoms. The van der Waals surface area contributed by atoms with Gasteiger partial charge in [-0.1, -0.05) is 0 Å². The molecule has 5 nitrogen and oxygen atoms in total. The lowest BCUT2D eigenvalue weighted by molar-refractivity contribution is 0.197. The van der Waals surface area contributed by atoms with Gasteiger partial charge in [-0.25, -0.2) is 4.98 Å². The minimum atomic E-state index is 0.793. The Hall–Kier alpha value is -1.07. The number of aryl methyl sites for hydroxylation is 2. The molecule has 1 N–H and O–H groups in total. The number of hydrogen-bond donors (Lipinski definition) is 1. The lowest BCUT2D eigenvalue weighted by Crippen LogP contribution is -2.21. The predicted octanol–water partition coefficient (Wildman–Crippen LogP) is 2.13. The van der Waals surface area contributed by atoms with Gasteiger partial charge in [-0.15, -0.1) is 0 Å². The quantitative estimate of drug-likeness (QED) is 0.704. The Morgan fingerprint density at radius 1 is 1.25 bits per heavy atom. The molecule has 0 amide bonds. The topological polar surface area (TPSA) is 42.3 Å². The molecule has 20 heavy (non-hydrogen) atoms. The van der Waals surface area contributed by atoms with Gasteiger partial charge in [0, 0.05) is 33.0 Å². The maximum atomic E-state index is 5.06. The molecular formula is C15H28N4O. The highest BCUT2D eigenvalue weighted by molar-refractivity contribution is 5.28. The second-order valence-electron chi connectivity index (χ2n) is 5.57. The number of anilines is 1. The number of hydrogen-bond acceptors (Lipinski definition) is 4. The predicted molar refractivity (Wildman–Crippen MR) is 82.2 cm³/mol. The Labute approximate surface area is 122 Å². The standard InChI is InChI=1S/C15H28N4O/c1-14-13-19(11-6-10-18-8-3-4-9-18)15(17-14)16-7-5-12-20-2/h13H,3-12H2,1-2H3,(H,16,17). The maximum absolute atomic E-state index is 5.06. The van der Waals surface area contributed by atoms with Crippen LogP contribution in [0.3, 0.4) is 0 Å². The largest absolute Gasteiger partial charge is 0.385 e. The van der Waals surface area contributed by atoms with E-state index in [1.54, 1.807) is 7.11 Å². The summed E-state index contributed by atoms with van der Waals surface area (Å²) in [6.07, 6.45) is 7.09. The Balaban J connectivity index is 1.74. The molecule has 1 aromatic heterocycles. The van der Waals surface area contributed by atoms with Crippen LogP contribution in [0.5, 0.6) is 0 Å². The molecule has 0 radical (unpaired) electrons. The van der Waals surface area contributed by atoms with E-state index in [0.717, 1.165) is 37.8 Å². The zero-order valence-electron chi connectivity index (χ0n) is 12.9. The molecule has 0 aromatic carbocycles. The number of ether oxygens (including phenoxy) is 1. The molecule has 0 aliphatic carbocycles. The Morgan fingerprint density at radius 2 is 2.05 bits per heavy atom. The lowest BCUT2D eigenvalue weighted by atomic mass is 10.4. The van der Waals surface area contributed by atoms with Crippen molar-refractivity contribution < 1.29 is 4.74 Å². The molecule has 0 atom stereocenters. The molecule has 0 spiro atoms. The van der Waals surface area contributed by atoms with Crippen molar-refractivity contribution >= 4 is 5.95 Å². The first-order chi connectivity index (χ1) is 9.79. The smallest absolute Gasteiger partial charge is 0.203 e. The number of methoxy groups -OCH3 is 1. The molecule has 0 unspecified atom stereocenters. The summed E-state index contributed by atoms with van der Waals surface area (Å²) in [6, 6.07) is 0. The molecule has 5 heteroatoms. The van der Waals surface area contributed by atoms with Crippen LogP contribution in [0.25, 0.3) is 0 Å². The van der Waals surface area contributed by atoms with Crippen LogP contribution in [-0.2, 0) is 11.3 Å². The zero-order chi connectivity index (χ0) is 14.2. The third kappa shape index (κ3) is 4.80. The van der Waals surface area contributed by atoms with Gasteiger partial charge >= 0.3 is 0 Å². The number of nitrogens with one attached hydrogen (secondary N) is 1. The first kappa shape index (κ1) is 15.3. The summed E-state index contributed by atoms with van der Waals surface area (Å²) in [7, 11) is 1.74. The summed E-state index contributed by atoms with van der Waals surface area (Å²) in [5.41, 5.74) is 1.08. The molecule has 2 heterocycles. The van der Waals surface area contributed by atoms with Gasteiger partial charge < -0.3 is 19.5 Å². The minimum Gasteiger partial charge on any atom is -0.385 e. The third-order valence-corrected chi connectivity index (χ3v) is 3.78. The minimum absolute atomic E-state index is 0.793. The lowest BCUT2D eigenvalue weighted by Gasteiger charge is -2.15. The van der Waals surface area contributed by atoms with Crippen molar-refractivity contribution in [2.45, 2.75) is 39.2 Å². The molecule has 2 rings (SSSR count). The number of imidazole rings is 1. The van der Waals surface area contributed by atoms with Crippen molar-refractivity contribution in [2.75, 3.05) is 45.2 Å². The van der Waals surface area contributed by atoms with Crippen molar-refractivity contribution in [1.82, 2.24) is 14.5 Å². The maximum Gasteiger partial charge on any atom is 0.203 e. The van der Waals surface area contributed by atoms with E-state index in [0.29, 0.717) is 0 Å². The first-order valence-electron chi connectivity index (χ1n) is 7.78. The number of aromatic nitrogens is 2. The summed E-state index contributed by atoms with van der Waals surface area (Å²) >= 11 is 0. The number of likely N-dealkylation sites (tertiary alicyclic amines) is 1. The van der Waals surface area contributed by atoms with Crippen molar-refractivity contribution in [1.29, 1.82) is 0 Å². The summed E-state index contributed by atoms with van der Waals surface area (Å²) in [6.45, 7) is 8.58. The number of rotatable bonds is 9. The van der Waals surface area contributed by atoms with Gasteiger partial charge in [0.15, 0.2) is 0 Å². The van der Waals surface area contributed by atoms with Crippen LogP contribution in [-0.4, -0.2) is 54.3 Å². The number of nitrogens with zero attached hydrogens (tertiary/aromatic N) is 3. The van der Waals surface area contributed by atoms with Crippen LogP contribution in [0.4, 0.5) is 5.95 Å². The van der Waals surface area contributed by atoms with Gasteiger partial charge in [0.2, 0.25) is 5.95 Å². The first-order valence-corrected chi connectivity index (χ1v) is 7.78. The normalized spacial score (nSPS) is 15.9. The van der Waals surface area contributed by atoms with E-state index >= 15 is 0 Å². The second kappa shape index (κ2) is 8.27. The van der Waals surface area contributed by atoms with Crippen LogP contribution in [0, 0.1) is 6.92 Å². The Morgan fingerprint density at radius 3 is 2.80 bits per heavy atom. The Bertz CT molecular complexity index is 385. The average Bonchev–Trinajstić information content (AvgIpc) is 3.05. The molecule has 0 saturated carbocycles. The molecule has 1 fully saturated rings. The van der Waals surface area contributed by atoms with Gasteiger partial charge in [-0.2, -0.15) is 0 Å². The molecule has 1 saturated heterocycles. The average molecular weight is 280 g/mol. The van der Waals surface area contributed by atoms with E-state index in [4.69, 9.17) is 4.74 Å². The monoisotopic (exact) mass is 280 g/mol. The fraction of sp³-hybridized carbons (Fsp3) is 0.800. The summed E-state index contributed by atoms with van der Waals surface area (Å²) in [5.74, 6) is 1.00. The van der Waals surface area contributed by atoms with Gasteiger partial charge in [0.25, 0.3) is 0 Å². The van der Waals surface area contributed by atoms with Gasteiger partial charge in [0.1, 0.15) is 0 Å². The zero-order valence-corrected chi connectivity index (χ0v) is 12.9. The molecule has 1 aromatic rings. The SMILES string of the molecule is COCCCNc1nc(C)cn1CCCN1CCCC1. The van der Waals surface area contributed by atoms with Crippen LogP contribution in [0.15, 0.2) is 6.20 Å². The van der Waals surface area contributed by atoms with Crippen LogP contribution in [0.2, 0.25) is 0 Å². The van der Waals surface area contributed by atoms with Gasteiger partial charge in [0.05, 0.1) is 5.69 Å². The summed E-state index contributed by atoms with van der Waals surface area (Å²) in [5, 5.41) is 3.41. The van der Waals surface area contributed by atoms with E-state index < -0.39 is 0 Å². The molecule has 1 aliphatic heterocycles. The van der Waals surface area contributed by atoms with E-state index in [-0.39, 0.29) is 0 Å². The van der Waals surface area contributed by atoms with Crippen LogP contribution < -0.4 is 5.32 Å². The van der Waals surface area contributed by atoms with Crippen molar-refractivity contribution in [3.63, 3.8) is 0 Å². The molecular weight excluding hydrogens is 252 g/mol. The Kier molecular flexibility index (Phi) is 6.33. The van der Waals surface area contributed by atoms with E-state index in [1.165, 1.54) is 38.9 Å². The fourth-order valence-electron chi connectivity index (χ4n) is 2.75. The molecule has 114 valence electrons. The second-order valence-corrected chi connectivity index (χ2v) is 5.57. The van der Waals surface area contributed by atoms with Crippen molar-refractivity contribution in [2.24, 2.45) is 0 Å². The van der Waals surface area contributed by atoms with Crippen LogP contribution >= 0.6 is 0 Å². The summed E-state index contributed by atoms with van der Waals surface area (Å²) < 4.78 is 7.31. The fourth-order valence-corrected chi connectivity index (χ4v) is 2.75. The van der Waals surface area contributed by atoms with E-state index in [9.17, 15) is 0 Å². The highest BCUT2D eigenvalue weighted by Crippen LogP contribution is 2.11. The summed E-state index contributed by atoms with van der Waals surface area (Å²) in [4.78, 5) is 7.12.